The summed E-state index contributed by atoms with van der Waals surface area (Å²) in [6, 6.07) is -1.99. The maximum atomic E-state index is 14.4. The summed E-state index contributed by atoms with van der Waals surface area (Å²) in [4.78, 5) is 67.8. The van der Waals surface area contributed by atoms with Crippen molar-refractivity contribution in [3.8, 4) is 0 Å². The van der Waals surface area contributed by atoms with Crippen LogP contribution in [0.25, 0.3) is 0 Å². The third-order valence-corrected chi connectivity index (χ3v) is 11.2. The molecule has 0 aromatic carbocycles. The second-order valence-electron chi connectivity index (χ2n) is 16.1. The second-order valence-corrected chi connectivity index (χ2v) is 16.1. The fraction of sp³-hybridized carbons (Fsp3) is 0.844. The van der Waals surface area contributed by atoms with E-state index < -0.39 is 46.7 Å². The van der Waals surface area contributed by atoms with Crippen LogP contribution in [-0.4, -0.2) is 58.5 Å². The monoisotopic (exact) mass is 572 g/mol. The SMILES string of the molecule is CC(C)(C)NC(=O)N[C@H](C(=O)N1C[C@@]2(C[C@H]1C(=O)CC(CC1CCC1)C(=O)C(N)=O)C(C)(C)C21CCC1)C(C)(C)C. The molecule has 2 spiro atoms. The van der Waals surface area contributed by atoms with Crippen molar-refractivity contribution in [2.45, 2.75) is 131 Å². The van der Waals surface area contributed by atoms with Gasteiger partial charge in [0.2, 0.25) is 11.7 Å². The zero-order chi connectivity index (χ0) is 30.8. The number of ketones is 2. The van der Waals surface area contributed by atoms with Gasteiger partial charge in [-0.15, -0.1) is 0 Å². The molecule has 4 aliphatic rings. The lowest BCUT2D eigenvalue weighted by molar-refractivity contribution is -0.143. The first-order valence-corrected chi connectivity index (χ1v) is 15.5. The van der Waals surface area contributed by atoms with Gasteiger partial charge in [-0.2, -0.15) is 0 Å². The van der Waals surface area contributed by atoms with Crippen LogP contribution in [0, 0.1) is 33.5 Å². The van der Waals surface area contributed by atoms with Gasteiger partial charge in [0.05, 0.1) is 6.04 Å². The number of nitrogens with two attached hydrogens (primary N) is 1. The van der Waals surface area contributed by atoms with Crippen molar-refractivity contribution in [3.05, 3.63) is 0 Å². The molecule has 1 unspecified atom stereocenters. The minimum atomic E-state index is -1.00. The standard InChI is InChI=1S/C32H52N4O5/c1-28(2,3)24(34-27(41)35-29(4,5)6)26(40)36-18-32(30(7,8)31(32)13-10-14-31)17-21(36)22(37)16-20(23(38)25(33)39)15-19-11-9-12-19/h19-21,24H,9-18H2,1-8H3,(H2,33,39)(H2,34,35,41)/t20?,21-,24+,32-/m0/s1. The van der Waals surface area contributed by atoms with Gasteiger partial charge in [0, 0.05) is 29.8 Å². The van der Waals surface area contributed by atoms with E-state index in [9.17, 15) is 24.0 Å². The van der Waals surface area contributed by atoms with E-state index in [1.807, 2.05) is 41.5 Å². The van der Waals surface area contributed by atoms with Crippen molar-refractivity contribution in [2.24, 2.45) is 39.2 Å². The minimum absolute atomic E-state index is 0.0194. The average molecular weight is 573 g/mol. The number of primary amides is 1. The molecule has 3 saturated carbocycles. The van der Waals surface area contributed by atoms with Gasteiger partial charge in [-0.05, 0) is 68.6 Å². The van der Waals surface area contributed by atoms with E-state index in [-0.39, 0.29) is 34.4 Å². The molecule has 0 radical (unpaired) electrons. The number of hydrogen-bond donors (Lipinski definition) is 3. The maximum Gasteiger partial charge on any atom is 0.315 e. The van der Waals surface area contributed by atoms with Gasteiger partial charge < -0.3 is 21.3 Å². The Bertz CT molecular complexity index is 1110. The highest BCUT2D eigenvalue weighted by molar-refractivity contribution is 6.36. The summed E-state index contributed by atoms with van der Waals surface area (Å²) >= 11 is 0. The number of likely N-dealkylation sites (tertiary alicyclic amines) is 1. The number of nitrogens with one attached hydrogen (secondary N) is 2. The Morgan fingerprint density at radius 2 is 1.56 bits per heavy atom. The van der Waals surface area contributed by atoms with Gasteiger partial charge in [0.15, 0.2) is 5.78 Å². The molecular weight excluding hydrogens is 520 g/mol. The van der Waals surface area contributed by atoms with Crippen LogP contribution in [0.5, 0.6) is 0 Å². The molecular formula is C32H52N4O5. The molecule has 4 rings (SSSR count). The fourth-order valence-corrected chi connectivity index (χ4v) is 8.43. The van der Waals surface area contributed by atoms with Gasteiger partial charge in [-0.25, -0.2) is 4.79 Å². The minimum Gasteiger partial charge on any atom is -0.363 e. The van der Waals surface area contributed by atoms with E-state index in [0.29, 0.717) is 25.3 Å². The lowest BCUT2D eigenvalue weighted by Gasteiger charge is -2.36. The predicted molar refractivity (Wildman–Crippen MR) is 157 cm³/mol. The van der Waals surface area contributed by atoms with Crippen LogP contribution in [0.4, 0.5) is 4.79 Å². The summed E-state index contributed by atoms with van der Waals surface area (Å²) in [5, 5.41) is 5.80. The molecule has 4 N–H and O–H groups in total. The summed E-state index contributed by atoms with van der Waals surface area (Å²) in [5.41, 5.74) is 4.21. The summed E-state index contributed by atoms with van der Waals surface area (Å²) in [6.45, 7) is 16.3. The Morgan fingerprint density at radius 1 is 0.951 bits per heavy atom. The molecule has 9 nitrogen and oxygen atoms in total. The maximum absolute atomic E-state index is 14.4. The summed E-state index contributed by atoms with van der Waals surface area (Å²) in [6.07, 6.45) is 7.32. The molecule has 0 bridgehead atoms. The number of hydrogen-bond acceptors (Lipinski definition) is 5. The summed E-state index contributed by atoms with van der Waals surface area (Å²) < 4.78 is 0. The Hall–Kier alpha value is -2.45. The molecule has 4 fully saturated rings. The third-order valence-electron chi connectivity index (χ3n) is 11.2. The number of fused-ring (bicyclic) bond motifs is 1. The Morgan fingerprint density at radius 3 is 1.98 bits per heavy atom. The van der Waals surface area contributed by atoms with Crippen molar-refractivity contribution >= 4 is 29.4 Å². The molecule has 4 atom stereocenters. The number of rotatable bonds is 9. The van der Waals surface area contributed by atoms with Crippen LogP contribution in [0.3, 0.4) is 0 Å². The number of carbonyl (C=O) groups is 5. The van der Waals surface area contributed by atoms with Crippen LogP contribution >= 0.6 is 0 Å². The molecule has 9 heteroatoms. The topological polar surface area (TPSA) is 139 Å². The summed E-state index contributed by atoms with van der Waals surface area (Å²) in [7, 11) is 0. The first-order valence-electron chi connectivity index (χ1n) is 15.5. The van der Waals surface area contributed by atoms with Crippen LogP contribution in [0.2, 0.25) is 0 Å². The first kappa shape index (κ1) is 31.5. The molecule has 0 aromatic rings. The van der Waals surface area contributed by atoms with E-state index >= 15 is 0 Å². The normalized spacial score (nSPS) is 27.9. The largest absolute Gasteiger partial charge is 0.363 e. The molecule has 1 heterocycles. The highest BCUT2D eigenvalue weighted by Gasteiger charge is 2.85. The van der Waals surface area contributed by atoms with E-state index in [0.717, 1.165) is 38.5 Å². The Balaban J connectivity index is 1.63. The van der Waals surface area contributed by atoms with E-state index in [2.05, 4.69) is 24.5 Å². The first-order chi connectivity index (χ1) is 18.8. The Kier molecular flexibility index (Phi) is 7.96. The van der Waals surface area contributed by atoms with Gasteiger partial charge >= 0.3 is 6.03 Å². The predicted octanol–water partition coefficient (Wildman–Crippen LogP) is 4.12. The zero-order valence-corrected chi connectivity index (χ0v) is 26.4. The van der Waals surface area contributed by atoms with Gasteiger partial charge in [-0.1, -0.05) is 60.3 Å². The average Bonchev–Trinajstić information content (AvgIpc) is 3.01. The van der Waals surface area contributed by atoms with Gasteiger partial charge in [-0.3, -0.25) is 19.2 Å². The molecule has 1 saturated heterocycles. The highest BCUT2D eigenvalue weighted by Crippen LogP contribution is 2.88. The van der Waals surface area contributed by atoms with Crippen molar-refractivity contribution in [1.82, 2.24) is 15.5 Å². The molecule has 3 aliphatic carbocycles. The smallest absolute Gasteiger partial charge is 0.315 e. The quantitative estimate of drug-likeness (QED) is 0.357. The van der Waals surface area contributed by atoms with Gasteiger partial charge in [0.1, 0.15) is 6.04 Å². The molecule has 4 amide bonds. The zero-order valence-electron chi connectivity index (χ0n) is 26.4. The highest BCUT2D eigenvalue weighted by atomic mass is 16.2. The van der Waals surface area contributed by atoms with Crippen molar-refractivity contribution in [3.63, 3.8) is 0 Å². The van der Waals surface area contributed by atoms with Gasteiger partial charge in [0.25, 0.3) is 5.91 Å². The third kappa shape index (κ3) is 5.42. The van der Waals surface area contributed by atoms with Crippen molar-refractivity contribution in [2.75, 3.05) is 6.54 Å². The lowest BCUT2D eigenvalue weighted by atomic mass is 9.73. The van der Waals surface area contributed by atoms with Crippen LogP contribution in [-0.2, 0) is 19.2 Å². The van der Waals surface area contributed by atoms with Crippen molar-refractivity contribution < 1.29 is 24.0 Å². The number of urea groups is 1. The van der Waals surface area contributed by atoms with Crippen molar-refractivity contribution in [1.29, 1.82) is 0 Å². The van der Waals surface area contributed by atoms with Crippen LogP contribution < -0.4 is 16.4 Å². The molecule has 41 heavy (non-hydrogen) atoms. The number of carbonyl (C=O) groups excluding carboxylic acids is 5. The fourth-order valence-electron chi connectivity index (χ4n) is 8.43. The van der Waals surface area contributed by atoms with E-state index in [4.69, 9.17) is 5.73 Å². The molecule has 0 aromatic heterocycles. The van der Waals surface area contributed by atoms with E-state index in [1.165, 1.54) is 0 Å². The number of Topliss-reactive ketones (excluding diaryl/α,β-unsaturated/α-hetero) is 2. The number of amides is 4. The number of nitrogens with zero attached hydrogens (tertiary/aromatic N) is 1. The summed E-state index contributed by atoms with van der Waals surface area (Å²) in [5.74, 6) is -2.58. The molecule has 230 valence electrons. The van der Waals surface area contributed by atoms with Crippen LogP contribution in [0.15, 0.2) is 0 Å². The Labute approximate surface area is 245 Å². The lowest BCUT2D eigenvalue weighted by Crippen LogP contribution is -2.60. The van der Waals surface area contributed by atoms with E-state index in [1.54, 1.807) is 4.90 Å². The van der Waals surface area contributed by atoms with Crippen LogP contribution in [0.1, 0.15) is 113 Å². The molecule has 1 aliphatic heterocycles. The second kappa shape index (κ2) is 10.4.